The molecule has 1 heterocycles. The second kappa shape index (κ2) is 7.73. The molecule has 1 aliphatic heterocycles. The summed E-state index contributed by atoms with van der Waals surface area (Å²) in [5.74, 6) is -0.792. The monoisotopic (exact) mass is 311 g/mol. The number of benzene rings is 2. The second-order valence-corrected chi connectivity index (χ2v) is 5.96. The summed E-state index contributed by atoms with van der Waals surface area (Å²) in [5.41, 5.74) is 2.09. The Bertz CT molecular complexity index is 546. The van der Waals surface area contributed by atoms with Gasteiger partial charge in [0.2, 0.25) is 5.79 Å². The fraction of sp³-hybridized carbons (Fsp3) is 0.400. The van der Waals surface area contributed by atoms with Crippen LogP contribution in [-0.4, -0.2) is 25.8 Å². The minimum atomic E-state index is -0.792. The van der Waals surface area contributed by atoms with Crippen LogP contribution in [0.25, 0.3) is 0 Å². The molecular weight excluding hydrogens is 286 g/mol. The highest BCUT2D eigenvalue weighted by Crippen LogP contribution is 2.40. The highest BCUT2D eigenvalue weighted by atomic mass is 16.7. The Morgan fingerprint density at radius 3 is 2.17 bits per heavy atom. The van der Waals surface area contributed by atoms with Gasteiger partial charge in [0, 0.05) is 17.7 Å². The van der Waals surface area contributed by atoms with Gasteiger partial charge in [-0.25, -0.2) is 0 Å². The molecule has 0 saturated carbocycles. The molecule has 0 aliphatic carbocycles. The van der Waals surface area contributed by atoms with Gasteiger partial charge in [-0.2, -0.15) is 0 Å². The van der Waals surface area contributed by atoms with E-state index in [9.17, 15) is 0 Å². The molecule has 1 unspecified atom stereocenters. The first-order chi connectivity index (χ1) is 11.3. The van der Waals surface area contributed by atoms with Crippen molar-refractivity contribution in [3.8, 4) is 0 Å². The lowest BCUT2D eigenvalue weighted by Crippen LogP contribution is -2.33. The fourth-order valence-electron chi connectivity index (χ4n) is 2.96. The third-order valence-corrected chi connectivity index (χ3v) is 4.19. The minimum Gasteiger partial charge on any atom is -0.339 e. The van der Waals surface area contributed by atoms with E-state index in [4.69, 9.17) is 9.47 Å². The van der Waals surface area contributed by atoms with Crippen molar-refractivity contribution in [3.05, 3.63) is 71.8 Å². The molecule has 23 heavy (non-hydrogen) atoms. The van der Waals surface area contributed by atoms with Crippen molar-refractivity contribution in [2.75, 3.05) is 19.7 Å². The Balaban J connectivity index is 1.79. The van der Waals surface area contributed by atoms with Gasteiger partial charge in [-0.3, -0.25) is 0 Å². The Labute approximate surface area is 138 Å². The van der Waals surface area contributed by atoms with Crippen molar-refractivity contribution in [2.45, 2.75) is 31.7 Å². The summed E-state index contributed by atoms with van der Waals surface area (Å²) in [6.45, 7) is 4.65. The summed E-state index contributed by atoms with van der Waals surface area (Å²) in [6, 6.07) is 20.4. The van der Waals surface area contributed by atoms with Crippen LogP contribution in [0.1, 0.15) is 30.9 Å². The van der Waals surface area contributed by atoms with E-state index in [1.165, 1.54) is 12.8 Å². The maximum absolute atomic E-state index is 6.42. The van der Waals surface area contributed by atoms with Crippen LogP contribution in [-0.2, 0) is 15.3 Å². The molecule has 2 aromatic rings. The normalized spacial score (nSPS) is 19.8. The lowest BCUT2D eigenvalue weighted by Gasteiger charge is -2.29. The Morgan fingerprint density at radius 1 is 1.00 bits per heavy atom. The van der Waals surface area contributed by atoms with E-state index >= 15 is 0 Å². The molecule has 3 nitrogen and oxygen atoms in total. The first kappa shape index (κ1) is 16.2. The van der Waals surface area contributed by atoms with Gasteiger partial charge in [0.1, 0.15) is 0 Å². The lowest BCUT2D eigenvalue weighted by molar-refractivity contribution is -0.142. The molecule has 0 spiro atoms. The van der Waals surface area contributed by atoms with Crippen LogP contribution in [0.2, 0.25) is 0 Å². The standard InChI is InChI=1S/C20H25NO2/c1-2-3-14-21-15-19-16-22-20(23-19,17-10-6-4-7-11-17)18-12-8-5-9-13-18/h4-13,19,21H,2-3,14-16H2,1H3. The molecule has 1 fully saturated rings. The molecule has 3 rings (SSSR count). The summed E-state index contributed by atoms with van der Waals surface area (Å²) in [6.07, 6.45) is 2.45. The third-order valence-electron chi connectivity index (χ3n) is 4.19. The Kier molecular flexibility index (Phi) is 5.44. The van der Waals surface area contributed by atoms with E-state index in [2.05, 4.69) is 36.5 Å². The summed E-state index contributed by atoms with van der Waals surface area (Å²) in [7, 11) is 0. The van der Waals surface area contributed by atoms with Gasteiger partial charge in [-0.15, -0.1) is 0 Å². The van der Waals surface area contributed by atoms with Crippen LogP contribution in [0.3, 0.4) is 0 Å². The van der Waals surface area contributed by atoms with Gasteiger partial charge in [0.25, 0.3) is 0 Å². The summed E-state index contributed by atoms with van der Waals surface area (Å²) in [5, 5.41) is 3.46. The minimum absolute atomic E-state index is 0.0623. The first-order valence-corrected chi connectivity index (χ1v) is 8.48. The van der Waals surface area contributed by atoms with E-state index in [0.717, 1.165) is 24.2 Å². The van der Waals surface area contributed by atoms with E-state index < -0.39 is 5.79 Å². The summed E-state index contributed by atoms with van der Waals surface area (Å²) in [4.78, 5) is 0. The molecule has 3 heteroatoms. The molecule has 0 radical (unpaired) electrons. The van der Waals surface area contributed by atoms with Crippen molar-refractivity contribution in [3.63, 3.8) is 0 Å². The molecule has 0 bridgehead atoms. The Hall–Kier alpha value is -1.68. The predicted octanol–water partition coefficient (Wildman–Crippen LogP) is 3.69. The summed E-state index contributed by atoms with van der Waals surface area (Å²) >= 11 is 0. The van der Waals surface area contributed by atoms with Gasteiger partial charge in [-0.05, 0) is 13.0 Å². The average Bonchev–Trinajstić information content (AvgIpc) is 3.06. The predicted molar refractivity (Wildman–Crippen MR) is 92.3 cm³/mol. The van der Waals surface area contributed by atoms with E-state index in [1.807, 2.05) is 36.4 Å². The fourth-order valence-corrected chi connectivity index (χ4v) is 2.96. The zero-order valence-corrected chi connectivity index (χ0v) is 13.7. The maximum Gasteiger partial charge on any atom is 0.222 e. The van der Waals surface area contributed by atoms with Crippen LogP contribution in [0.4, 0.5) is 0 Å². The van der Waals surface area contributed by atoms with Crippen molar-refractivity contribution in [2.24, 2.45) is 0 Å². The van der Waals surface area contributed by atoms with E-state index in [-0.39, 0.29) is 6.10 Å². The van der Waals surface area contributed by atoms with Crippen LogP contribution in [0.5, 0.6) is 0 Å². The number of hydrogen-bond acceptors (Lipinski definition) is 3. The number of nitrogens with one attached hydrogen (secondary N) is 1. The van der Waals surface area contributed by atoms with Crippen molar-refractivity contribution in [1.29, 1.82) is 0 Å². The Morgan fingerprint density at radius 2 is 1.61 bits per heavy atom. The van der Waals surface area contributed by atoms with Gasteiger partial charge in [0.05, 0.1) is 12.7 Å². The number of ether oxygens (including phenoxy) is 2. The topological polar surface area (TPSA) is 30.5 Å². The van der Waals surface area contributed by atoms with Crippen molar-refractivity contribution >= 4 is 0 Å². The number of rotatable bonds is 7. The van der Waals surface area contributed by atoms with E-state index in [1.54, 1.807) is 0 Å². The molecule has 1 saturated heterocycles. The molecule has 1 N–H and O–H groups in total. The molecule has 2 aromatic carbocycles. The van der Waals surface area contributed by atoms with E-state index in [0.29, 0.717) is 6.61 Å². The van der Waals surface area contributed by atoms with Crippen molar-refractivity contribution < 1.29 is 9.47 Å². The zero-order valence-electron chi connectivity index (χ0n) is 13.7. The number of unbranched alkanes of at least 4 members (excludes halogenated alkanes) is 1. The third kappa shape index (κ3) is 3.63. The molecule has 0 amide bonds. The van der Waals surface area contributed by atoms with Gasteiger partial charge >= 0.3 is 0 Å². The van der Waals surface area contributed by atoms with Gasteiger partial charge in [0.15, 0.2) is 0 Å². The highest BCUT2D eigenvalue weighted by molar-refractivity contribution is 5.34. The van der Waals surface area contributed by atoms with Gasteiger partial charge < -0.3 is 14.8 Å². The molecule has 1 atom stereocenters. The molecule has 1 aliphatic rings. The van der Waals surface area contributed by atoms with Crippen LogP contribution in [0, 0.1) is 0 Å². The zero-order chi connectivity index (χ0) is 16.0. The maximum atomic E-state index is 6.42. The van der Waals surface area contributed by atoms with Crippen LogP contribution < -0.4 is 5.32 Å². The van der Waals surface area contributed by atoms with Crippen molar-refractivity contribution in [1.82, 2.24) is 5.32 Å². The molecule has 0 aromatic heterocycles. The quantitative estimate of drug-likeness (QED) is 0.791. The molecule has 122 valence electrons. The number of hydrogen-bond donors (Lipinski definition) is 1. The first-order valence-electron chi connectivity index (χ1n) is 8.48. The molecular formula is C20H25NO2. The SMILES string of the molecule is CCCCNCC1COC(c2ccccc2)(c2ccccc2)O1. The van der Waals surface area contributed by atoms with Gasteiger partial charge in [-0.1, -0.05) is 74.0 Å². The lowest BCUT2D eigenvalue weighted by atomic mass is 9.97. The smallest absolute Gasteiger partial charge is 0.222 e. The largest absolute Gasteiger partial charge is 0.339 e. The summed E-state index contributed by atoms with van der Waals surface area (Å²) < 4.78 is 12.6. The second-order valence-electron chi connectivity index (χ2n) is 5.96. The van der Waals surface area contributed by atoms with Crippen LogP contribution >= 0.6 is 0 Å². The van der Waals surface area contributed by atoms with Crippen LogP contribution in [0.15, 0.2) is 60.7 Å². The highest BCUT2D eigenvalue weighted by Gasteiger charge is 2.44. The average molecular weight is 311 g/mol.